The molecule has 0 unspecified atom stereocenters. The van der Waals surface area contributed by atoms with Gasteiger partial charge in [-0.25, -0.2) is 0 Å². The lowest BCUT2D eigenvalue weighted by Gasteiger charge is -2.30. The predicted octanol–water partition coefficient (Wildman–Crippen LogP) is 3.69. The molecular formula is C16H21BrN2OS. The van der Waals surface area contributed by atoms with Gasteiger partial charge in [0.05, 0.1) is 10.4 Å². The molecule has 1 fully saturated rings. The van der Waals surface area contributed by atoms with Gasteiger partial charge in [-0.3, -0.25) is 4.79 Å². The highest BCUT2D eigenvalue weighted by atomic mass is 79.9. The molecule has 1 saturated carbocycles. The maximum atomic E-state index is 12.7. The maximum absolute atomic E-state index is 12.7. The number of hydrogen-bond acceptors (Lipinski definition) is 2. The molecule has 1 aliphatic carbocycles. The Labute approximate surface area is 139 Å². The van der Waals surface area contributed by atoms with Gasteiger partial charge in [0.1, 0.15) is 0 Å². The average Bonchev–Trinajstić information content (AvgIpc) is 2.73. The minimum Gasteiger partial charge on any atom is -0.392 e. The van der Waals surface area contributed by atoms with Crippen molar-refractivity contribution in [2.45, 2.75) is 45.1 Å². The van der Waals surface area contributed by atoms with E-state index in [1.54, 1.807) is 0 Å². The molecule has 1 aliphatic rings. The first kappa shape index (κ1) is 16.4. The zero-order chi connectivity index (χ0) is 15.3. The first-order valence-electron chi connectivity index (χ1n) is 7.38. The Bertz CT molecular complexity index is 525. The zero-order valence-corrected chi connectivity index (χ0v) is 14.4. The van der Waals surface area contributed by atoms with E-state index in [1.165, 1.54) is 0 Å². The van der Waals surface area contributed by atoms with Gasteiger partial charge in [0, 0.05) is 11.0 Å². The third kappa shape index (κ3) is 3.83. The Morgan fingerprint density at radius 3 is 2.43 bits per heavy atom. The van der Waals surface area contributed by atoms with Crippen LogP contribution in [-0.4, -0.2) is 10.9 Å². The summed E-state index contributed by atoms with van der Waals surface area (Å²) in [4.78, 5) is 13.0. The first-order valence-corrected chi connectivity index (χ1v) is 8.58. The molecule has 3 nitrogen and oxygen atoms in total. The van der Waals surface area contributed by atoms with Gasteiger partial charge in [-0.15, -0.1) is 0 Å². The summed E-state index contributed by atoms with van der Waals surface area (Å²) in [6.45, 7) is 0.491. The van der Waals surface area contributed by atoms with Crippen LogP contribution in [0, 0.1) is 5.41 Å². The smallest absolute Gasteiger partial charge is 0.233 e. The summed E-state index contributed by atoms with van der Waals surface area (Å²) >= 11 is 8.72. The molecule has 3 N–H and O–H groups in total. The first-order chi connectivity index (χ1) is 10.1. The summed E-state index contributed by atoms with van der Waals surface area (Å²) < 4.78 is 0.996. The number of nitrogens with one attached hydrogen (secondary N) is 1. The summed E-state index contributed by atoms with van der Waals surface area (Å²) in [6.07, 6.45) is 5.87. The lowest BCUT2D eigenvalue weighted by molar-refractivity contribution is -0.128. The molecule has 5 heteroatoms. The van der Waals surface area contributed by atoms with Gasteiger partial charge in [-0.2, -0.15) is 0 Å². The largest absolute Gasteiger partial charge is 0.392 e. The summed E-state index contributed by atoms with van der Waals surface area (Å²) in [5.41, 5.74) is 6.33. The lowest BCUT2D eigenvalue weighted by atomic mass is 9.79. The molecule has 0 aromatic heterocycles. The molecule has 0 saturated heterocycles. The van der Waals surface area contributed by atoms with Crippen molar-refractivity contribution in [3.63, 3.8) is 0 Å². The van der Waals surface area contributed by atoms with Crippen molar-refractivity contribution < 1.29 is 4.79 Å². The summed E-state index contributed by atoms with van der Waals surface area (Å²) in [6, 6.07) is 7.87. The van der Waals surface area contributed by atoms with Crippen LogP contribution in [0.15, 0.2) is 28.7 Å². The molecular weight excluding hydrogens is 348 g/mol. The van der Waals surface area contributed by atoms with Crippen molar-refractivity contribution in [3.05, 3.63) is 34.3 Å². The SMILES string of the molecule is NC(=S)C1(C(=O)NCc2ccccc2Br)CCCCCC1. The Morgan fingerprint density at radius 2 is 1.86 bits per heavy atom. The van der Waals surface area contributed by atoms with Crippen LogP contribution in [0.2, 0.25) is 0 Å². The quantitative estimate of drug-likeness (QED) is 0.629. The lowest BCUT2D eigenvalue weighted by Crippen LogP contribution is -2.48. The third-order valence-electron chi connectivity index (χ3n) is 4.26. The van der Waals surface area contributed by atoms with E-state index in [0.29, 0.717) is 11.5 Å². The molecule has 1 aromatic carbocycles. The molecule has 1 amide bonds. The number of carbonyl (C=O) groups is 1. The van der Waals surface area contributed by atoms with Gasteiger partial charge in [-0.1, -0.05) is 72.0 Å². The van der Waals surface area contributed by atoms with Crippen LogP contribution in [0.5, 0.6) is 0 Å². The number of halogens is 1. The summed E-state index contributed by atoms with van der Waals surface area (Å²) in [5, 5.41) is 3.02. The summed E-state index contributed by atoms with van der Waals surface area (Å²) in [7, 11) is 0. The van der Waals surface area contributed by atoms with E-state index in [0.717, 1.165) is 48.6 Å². The second kappa shape index (κ2) is 7.36. The molecule has 2 rings (SSSR count). The zero-order valence-electron chi connectivity index (χ0n) is 12.0. The van der Waals surface area contributed by atoms with Gasteiger partial charge >= 0.3 is 0 Å². The fourth-order valence-electron chi connectivity index (χ4n) is 2.90. The fourth-order valence-corrected chi connectivity index (χ4v) is 3.63. The standard InChI is InChI=1S/C16H21BrN2OS/c17-13-8-4-3-7-12(13)11-19-15(20)16(14(18)21)9-5-1-2-6-10-16/h3-4,7-8H,1-2,5-6,9-11H2,(H2,18,21)(H,19,20). The highest BCUT2D eigenvalue weighted by Gasteiger charge is 2.41. The van der Waals surface area contributed by atoms with Gasteiger partial charge < -0.3 is 11.1 Å². The number of nitrogens with two attached hydrogens (primary N) is 1. The highest BCUT2D eigenvalue weighted by molar-refractivity contribution is 9.10. The van der Waals surface area contributed by atoms with E-state index in [-0.39, 0.29) is 5.91 Å². The van der Waals surface area contributed by atoms with Crippen LogP contribution in [0.25, 0.3) is 0 Å². The monoisotopic (exact) mass is 368 g/mol. The third-order valence-corrected chi connectivity index (χ3v) is 5.43. The topological polar surface area (TPSA) is 55.1 Å². The van der Waals surface area contributed by atoms with E-state index in [4.69, 9.17) is 18.0 Å². The van der Waals surface area contributed by atoms with Crippen LogP contribution >= 0.6 is 28.1 Å². The Morgan fingerprint density at radius 1 is 1.24 bits per heavy atom. The molecule has 114 valence electrons. The van der Waals surface area contributed by atoms with Crippen LogP contribution in [-0.2, 0) is 11.3 Å². The van der Waals surface area contributed by atoms with Crippen LogP contribution in [0.4, 0.5) is 0 Å². The van der Waals surface area contributed by atoms with E-state index in [9.17, 15) is 4.79 Å². The van der Waals surface area contributed by atoms with Crippen LogP contribution in [0.1, 0.15) is 44.1 Å². The molecule has 21 heavy (non-hydrogen) atoms. The van der Waals surface area contributed by atoms with Gasteiger partial charge in [-0.05, 0) is 24.5 Å². The van der Waals surface area contributed by atoms with Crippen molar-refractivity contribution >= 4 is 39.0 Å². The normalized spacial score (nSPS) is 17.8. The van der Waals surface area contributed by atoms with E-state index in [1.807, 2.05) is 24.3 Å². The van der Waals surface area contributed by atoms with Crippen LogP contribution < -0.4 is 11.1 Å². The van der Waals surface area contributed by atoms with Crippen molar-refractivity contribution in [1.29, 1.82) is 0 Å². The number of thiocarbonyl (C=S) groups is 1. The van der Waals surface area contributed by atoms with E-state index in [2.05, 4.69) is 21.2 Å². The maximum Gasteiger partial charge on any atom is 0.233 e. The Balaban J connectivity index is 2.09. The van der Waals surface area contributed by atoms with Crippen molar-refractivity contribution in [3.8, 4) is 0 Å². The average molecular weight is 369 g/mol. The van der Waals surface area contributed by atoms with Crippen molar-refractivity contribution in [2.24, 2.45) is 11.1 Å². The molecule has 0 bridgehead atoms. The van der Waals surface area contributed by atoms with E-state index < -0.39 is 5.41 Å². The van der Waals surface area contributed by atoms with Gasteiger partial charge in [0.2, 0.25) is 5.91 Å². The minimum absolute atomic E-state index is 0.0207. The van der Waals surface area contributed by atoms with Crippen LogP contribution in [0.3, 0.4) is 0 Å². The van der Waals surface area contributed by atoms with Gasteiger partial charge in [0.25, 0.3) is 0 Å². The number of amides is 1. The number of hydrogen-bond donors (Lipinski definition) is 2. The predicted molar refractivity (Wildman–Crippen MR) is 92.9 cm³/mol. The highest BCUT2D eigenvalue weighted by Crippen LogP contribution is 2.36. The second-order valence-corrected chi connectivity index (χ2v) is 6.93. The Kier molecular flexibility index (Phi) is 5.76. The fraction of sp³-hybridized carbons (Fsp3) is 0.500. The molecule has 0 atom stereocenters. The summed E-state index contributed by atoms with van der Waals surface area (Å²) in [5.74, 6) is -0.0207. The van der Waals surface area contributed by atoms with E-state index >= 15 is 0 Å². The molecule has 0 radical (unpaired) electrons. The van der Waals surface area contributed by atoms with Crippen molar-refractivity contribution in [1.82, 2.24) is 5.32 Å². The van der Waals surface area contributed by atoms with Crippen molar-refractivity contribution in [2.75, 3.05) is 0 Å². The molecule has 0 aliphatic heterocycles. The Hall–Kier alpha value is -0.940. The van der Waals surface area contributed by atoms with Gasteiger partial charge in [0.15, 0.2) is 0 Å². The number of carbonyl (C=O) groups excluding carboxylic acids is 1. The molecule has 1 aromatic rings. The second-order valence-electron chi connectivity index (χ2n) is 5.63. The molecule has 0 spiro atoms. The number of benzene rings is 1. The number of rotatable bonds is 4. The molecule has 0 heterocycles. The minimum atomic E-state index is -0.660.